The van der Waals surface area contributed by atoms with Gasteiger partial charge < -0.3 is 15.2 Å². The molecule has 110 valence electrons. The summed E-state index contributed by atoms with van der Waals surface area (Å²) in [5.74, 6) is -1.06. The van der Waals surface area contributed by atoms with Crippen LogP contribution in [0.2, 0.25) is 5.02 Å². The number of benzene rings is 1. The van der Waals surface area contributed by atoms with Crippen LogP contribution in [-0.4, -0.2) is 29.1 Å². The highest BCUT2D eigenvalue weighted by Crippen LogP contribution is 2.18. The number of hydrogen-bond acceptors (Lipinski definition) is 3. The van der Waals surface area contributed by atoms with Gasteiger partial charge in [0, 0.05) is 5.02 Å². The molecule has 0 radical (unpaired) electrons. The van der Waals surface area contributed by atoms with E-state index < -0.39 is 17.4 Å². The van der Waals surface area contributed by atoms with Gasteiger partial charge in [0.05, 0.1) is 0 Å². The normalized spacial score (nSPS) is 10.9. The number of aliphatic carboxylic acids is 1. The number of carbonyl (C=O) groups excluding carboxylic acids is 1. The molecule has 0 fully saturated rings. The van der Waals surface area contributed by atoms with Gasteiger partial charge in [-0.25, -0.2) is 4.79 Å². The molecule has 2 N–H and O–H groups in total. The highest BCUT2D eigenvalue weighted by Gasteiger charge is 2.36. The quantitative estimate of drug-likeness (QED) is 0.811. The summed E-state index contributed by atoms with van der Waals surface area (Å²) < 4.78 is 5.27. The Morgan fingerprint density at radius 1 is 1.35 bits per heavy atom. The van der Waals surface area contributed by atoms with Crippen molar-refractivity contribution in [3.63, 3.8) is 0 Å². The maximum Gasteiger partial charge on any atom is 0.329 e. The summed E-state index contributed by atoms with van der Waals surface area (Å²) in [5, 5.41) is 12.2. The van der Waals surface area contributed by atoms with Gasteiger partial charge in [-0.05, 0) is 31.0 Å². The van der Waals surface area contributed by atoms with Crippen LogP contribution in [0.5, 0.6) is 5.75 Å². The number of amides is 1. The van der Waals surface area contributed by atoms with E-state index in [-0.39, 0.29) is 6.61 Å². The summed E-state index contributed by atoms with van der Waals surface area (Å²) in [4.78, 5) is 23.1. The van der Waals surface area contributed by atoms with Gasteiger partial charge in [-0.2, -0.15) is 0 Å². The SMILES string of the molecule is CCC(CC)(NC(=O)COc1cccc(Cl)c1)C(=O)O. The number of carboxylic acids is 1. The molecular formula is C14H18ClNO4. The summed E-state index contributed by atoms with van der Waals surface area (Å²) in [5.41, 5.74) is -1.24. The Morgan fingerprint density at radius 2 is 2.00 bits per heavy atom. The molecule has 0 saturated heterocycles. The van der Waals surface area contributed by atoms with Crippen LogP contribution in [0, 0.1) is 0 Å². The first-order valence-electron chi connectivity index (χ1n) is 6.36. The van der Waals surface area contributed by atoms with Crippen molar-refractivity contribution < 1.29 is 19.4 Å². The molecule has 6 heteroatoms. The van der Waals surface area contributed by atoms with Gasteiger partial charge in [0.1, 0.15) is 11.3 Å². The molecule has 0 aliphatic rings. The van der Waals surface area contributed by atoms with E-state index in [4.69, 9.17) is 16.3 Å². The molecule has 0 atom stereocenters. The zero-order valence-electron chi connectivity index (χ0n) is 11.5. The minimum atomic E-state index is -1.24. The van der Waals surface area contributed by atoms with Gasteiger partial charge in [-0.3, -0.25) is 4.79 Å². The second-order valence-electron chi connectivity index (χ2n) is 4.39. The Hall–Kier alpha value is -1.75. The lowest BCUT2D eigenvalue weighted by molar-refractivity contribution is -0.148. The number of nitrogens with one attached hydrogen (secondary N) is 1. The van der Waals surface area contributed by atoms with E-state index in [1.807, 2.05) is 0 Å². The van der Waals surface area contributed by atoms with Crippen LogP contribution in [0.4, 0.5) is 0 Å². The average Bonchev–Trinajstić information content (AvgIpc) is 2.42. The first kappa shape index (κ1) is 16.3. The summed E-state index contributed by atoms with van der Waals surface area (Å²) in [6.45, 7) is 3.18. The van der Waals surface area contributed by atoms with Crippen LogP contribution in [0.25, 0.3) is 0 Å². The Balaban J connectivity index is 2.61. The lowest BCUT2D eigenvalue weighted by atomic mass is 9.93. The van der Waals surface area contributed by atoms with Crippen LogP contribution >= 0.6 is 11.6 Å². The maximum absolute atomic E-state index is 11.8. The highest BCUT2D eigenvalue weighted by atomic mass is 35.5. The van der Waals surface area contributed by atoms with E-state index in [9.17, 15) is 14.7 Å². The number of halogens is 1. The van der Waals surface area contributed by atoms with Gasteiger partial charge in [-0.1, -0.05) is 31.5 Å². The third-order valence-corrected chi connectivity index (χ3v) is 3.40. The molecule has 0 aliphatic carbocycles. The van der Waals surface area contributed by atoms with Crippen LogP contribution in [0.1, 0.15) is 26.7 Å². The average molecular weight is 300 g/mol. The van der Waals surface area contributed by atoms with E-state index in [0.717, 1.165) is 0 Å². The van der Waals surface area contributed by atoms with Crippen LogP contribution < -0.4 is 10.1 Å². The van der Waals surface area contributed by atoms with Gasteiger partial charge in [0.25, 0.3) is 5.91 Å². The van der Waals surface area contributed by atoms with Gasteiger partial charge in [-0.15, -0.1) is 0 Å². The van der Waals surface area contributed by atoms with Gasteiger partial charge in [0.15, 0.2) is 6.61 Å². The fourth-order valence-electron chi connectivity index (χ4n) is 1.79. The van der Waals surface area contributed by atoms with Crippen LogP contribution in [0.15, 0.2) is 24.3 Å². The third-order valence-electron chi connectivity index (χ3n) is 3.16. The van der Waals surface area contributed by atoms with Crippen molar-refractivity contribution in [3.05, 3.63) is 29.3 Å². The van der Waals surface area contributed by atoms with Crippen LogP contribution in [0.3, 0.4) is 0 Å². The summed E-state index contributed by atoms with van der Waals surface area (Å²) in [6, 6.07) is 6.65. The number of hydrogen-bond donors (Lipinski definition) is 2. The largest absolute Gasteiger partial charge is 0.484 e. The predicted octanol–water partition coefficient (Wildman–Crippen LogP) is 2.48. The molecule has 0 unspecified atom stereocenters. The van der Waals surface area contributed by atoms with Gasteiger partial charge >= 0.3 is 5.97 Å². The number of carboxylic acid groups (broad SMARTS) is 1. The zero-order valence-corrected chi connectivity index (χ0v) is 12.2. The van der Waals surface area contributed by atoms with Crippen molar-refractivity contribution in [1.29, 1.82) is 0 Å². The lowest BCUT2D eigenvalue weighted by Gasteiger charge is -2.27. The van der Waals surface area contributed by atoms with Crippen molar-refractivity contribution >= 4 is 23.5 Å². The Morgan fingerprint density at radius 3 is 2.50 bits per heavy atom. The molecular weight excluding hydrogens is 282 g/mol. The highest BCUT2D eigenvalue weighted by molar-refractivity contribution is 6.30. The van der Waals surface area contributed by atoms with E-state index in [0.29, 0.717) is 23.6 Å². The van der Waals surface area contributed by atoms with Gasteiger partial charge in [0.2, 0.25) is 0 Å². The Kier molecular flexibility index (Phi) is 5.82. The molecule has 5 nitrogen and oxygen atoms in total. The molecule has 1 aromatic rings. The topological polar surface area (TPSA) is 75.6 Å². The fraction of sp³-hybridized carbons (Fsp3) is 0.429. The molecule has 0 bridgehead atoms. The lowest BCUT2D eigenvalue weighted by Crippen LogP contribution is -2.54. The summed E-state index contributed by atoms with van der Waals surface area (Å²) in [7, 11) is 0. The molecule has 0 spiro atoms. The number of ether oxygens (including phenoxy) is 1. The molecule has 0 aliphatic heterocycles. The first-order chi connectivity index (χ1) is 9.43. The second-order valence-corrected chi connectivity index (χ2v) is 4.83. The van der Waals surface area contributed by atoms with Crippen molar-refractivity contribution in [3.8, 4) is 5.75 Å². The monoisotopic (exact) mass is 299 g/mol. The van der Waals surface area contributed by atoms with E-state index in [1.54, 1.807) is 38.1 Å². The Labute approximate surface area is 122 Å². The molecule has 1 rings (SSSR count). The van der Waals surface area contributed by atoms with Crippen LogP contribution in [-0.2, 0) is 9.59 Å². The smallest absolute Gasteiger partial charge is 0.329 e. The summed E-state index contributed by atoms with van der Waals surface area (Å²) >= 11 is 5.79. The van der Waals surface area contributed by atoms with Crippen molar-refractivity contribution in [2.24, 2.45) is 0 Å². The number of carbonyl (C=O) groups is 2. The van der Waals surface area contributed by atoms with Crippen molar-refractivity contribution in [1.82, 2.24) is 5.32 Å². The van der Waals surface area contributed by atoms with Crippen molar-refractivity contribution in [2.45, 2.75) is 32.2 Å². The fourth-order valence-corrected chi connectivity index (χ4v) is 1.97. The van der Waals surface area contributed by atoms with E-state index >= 15 is 0 Å². The minimum absolute atomic E-state index is 0.255. The minimum Gasteiger partial charge on any atom is -0.484 e. The molecule has 0 aromatic heterocycles. The molecule has 1 amide bonds. The molecule has 0 heterocycles. The van der Waals surface area contributed by atoms with E-state index in [1.165, 1.54) is 0 Å². The Bertz CT molecular complexity index is 486. The second kappa shape index (κ2) is 7.14. The first-order valence-corrected chi connectivity index (χ1v) is 6.74. The third kappa shape index (κ3) is 4.13. The maximum atomic E-state index is 11.8. The predicted molar refractivity (Wildman–Crippen MR) is 76.0 cm³/mol. The number of rotatable bonds is 7. The molecule has 20 heavy (non-hydrogen) atoms. The van der Waals surface area contributed by atoms with Crippen molar-refractivity contribution in [2.75, 3.05) is 6.61 Å². The summed E-state index contributed by atoms with van der Waals surface area (Å²) in [6.07, 6.45) is 0.615. The zero-order chi connectivity index (χ0) is 15.2. The molecule has 0 saturated carbocycles. The van der Waals surface area contributed by atoms with E-state index in [2.05, 4.69) is 5.32 Å². The molecule has 1 aromatic carbocycles. The standard InChI is InChI=1S/C14H18ClNO4/c1-3-14(4-2,13(18)19)16-12(17)9-20-11-7-5-6-10(15)8-11/h5-8H,3-4,9H2,1-2H3,(H,16,17)(H,18,19).